The van der Waals surface area contributed by atoms with Crippen LogP contribution in [0.3, 0.4) is 0 Å². The molecule has 0 fully saturated rings. The molecule has 0 bridgehead atoms. The molecule has 1 atom stereocenters. The number of hydrogen-bond acceptors (Lipinski definition) is 2. The van der Waals surface area contributed by atoms with Crippen molar-refractivity contribution in [2.45, 2.75) is 26.4 Å². The third kappa shape index (κ3) is 2.42. The third-order valence-corrected chi connectivity index (χ3v) is 1.92. The molecule has 0 aliphatic heterocycles. The summed E-state index contributed by atoms with van der Waals surface area (Å²) in [5.74, 6) is 0. The van der Waals surface area contributed by atoms with Crippen LogP contribution in [0.2, 0.25) is 0 Å². The Labute approximate surface area is 78.7 Å². The normalized spacial score (nSPS) is 12.9. The zero-order chi connectivity index (χ0) is 10.0. The number of nitrogens with zero attached hydrogens (tertiary/aromatic N) is 2. The molecular formula is C10H16N2O. The van der Waals surface area contributed by atoms with Crippen molar-refractivity contribution in [3.63, 3.8) is 0 Å². The molecule has 1 heterocycles. The van der Waals surface area contributed by atoms with Crippen molar-refractivity contribution in [3.05, 3.63) is 29.6 Å². The molecular weight excluding hydrogens is 164 g/mol. The summed E-state index contributed by atoms with van der Waals surface area (Å²) < 4.78 is 1.71. The van der Waals surface area contributed by atoms with E-state index in [-0.39, 0.29) is 0 Å². The number of aliphatic hydroxyl groups excluding tert-OH is 1. The summed E-state index contributed by atoms with van der Waals surface area (Å²) in [5, 5.41) is 13.9. The molecule has 0 spiro atoms. The first-order valence-corrected chi connectivity index (χ1v) is 4.33. The van der Waals surface area contributed by atoms with Crippen LogP contribution in [0.25, 0.3) is 0 Å². The standard InChI is InChI=1S/C10H16N2O/c1-7(2)5-10(13)9-6-8(3)11-12(9)4/h6,10,13H,1,5H2,2-4H3. The van der Waals surface area contributed by atoms with Gasteiger partial charge in [-0.15, -0.1) is 6.58 Å². The highest BCUT2D eigenvalue weighted by atomic mass is 16.3. The van der Waals surface area contributed by atoms with Crippen LogP contribution in [-0.4, -0.2) is 14.9 Å². The maximum absolute atomic E-state index is 9.76. The number of aryl methyl sites for hydroxylation is 2. The van der Waals surface area contributed by atoms with Crippen molar-refractivity contribution in [1.82, 2.24) is 9.78 Å². The van der Waals surface area contributed by atoms with Crippen molar-refractivity contribution in [1.29, 1.82) is 0 Å². The van der Waals surface area contributed by atoms with E-state index in [1.807, 2.05) is 27.0 Å². The molecule has 1 aromatic heterocycles. The van der Waals surface area contributed by atoms with Gasteiger partial charge in [0.1, 0.15) is 0 Å². The van der Waals surface area contributed by atoms with Gasteiger partial charge in [0.05, 0.1) is 17.5 Å². The van der Waals surface area contributed by atoms with Gasteiger partial charge < -0.3 is 5.11 Å². The Balaban J connectivity index is 2.81. The van der Waals surface area contributed by atoms with E-state index in [1.165, 1.54) is 0 Å². The summed E-state index contributed by atoms with van der Waals surface area (Å²) in [6.07, 6.45) is 0.114. The topological polar surface area (TPSA) is 38.1 Å². The Morgan fingerprint density at radius 1 is 1.77 bits per heavy atom. The lowest BCUT2D eigenvalue weighted by molar-refractivity contribution is 0.168. The quantitative estimate of drug-likeness (QED) is 0.719. The smallest absolute Gasteiger partial charge is 0.0993 e. The van der Waals surface area contributed by atoms with Gasteiger partial charge in [0.2, 0.25) is 0 Å². The molecule has 3 heteroatoms. The summed E-state index contributed by atoms with van der Waals surface area (Å²) >= 11 is 0. The van der Waals surface area contributed by atoms with Gasteiger partial charge in [-0.1, -0.05) is 5.57 Å². The van der Waals surface area contributed by atoms with Gasteiger partial charge in [-0.2, -0.15) is 5.10 Å². The molecule has 0 saturated carbocycles. The van der Waals surface area contributed by atoms with Crippen molar-refractivity contribution < 1.29 is 5.11 Å². The molecule has 0 radical (unpaired) electrons. The molecule has 0 saturated heterocycles. The molecule has 0 aromatic carbocycles. The molecule has 0 aliphatic rings. The van der Waals surface area contributed by atoms with Crippen LogP contribution in [0.1, 0.15) is 30.8 Å². The summed E-state index contributed by atoms with van der Waals surface area (Å²) in [7, 11) is 1.84. The third-order valence-electron chi connectivity index (χ3n) is 1.92. The lowest BCUT2D eigenvalue weighted by Gasteiger charge is -2.09. The van der Waals surface area contributed by atoms with Crippen molar-refractivity contribution in [2.75, 3.05) is 0 Å². The van der Waals surface area contributed by atoms with E-state index >= 15 is 0 Å². The minimum atomic E-state index is -0.483. The second-order valence-corrected chi connectivity index (χ2v) is 3.51. The van der Waals surface area contributed by atoms with Crippen LogP contribution < -0.4 is 0 Å². The van der Waals surface area contributed by atoms with Crippen molar-refractivity contribution in [2.24, 2.45) is 7.05 Å². The lowest BCUT2D eigenvalue weighted by Crippen LogP contribution is -2.05. The van der Waals surface area contributed by atoms with Gasteiger partial charge in [0.25, 0.3) is 0 Å². The summed E-state index contributed by atoms with van der Waals surface area (Å²) in [6, 6.07) is 1.90. The Bertz CT molecular complexity index is 315. The van der Waals surface area contributed by atoms with Crippen LogP contribution in [-0.2, 0) is 7.05 Å². The zero-order valence-corrected chi connectivity index (χ0v) is 8.41. The Kier molecular flexibility index (Phi) is 2.88. The van der Waals surface area contributed by atoms with Crippen molar-refractivity contribution in [3.8, 4) is 0 Å². The Morgan fingerprint density at radius 2 is 2.38 bits per heavy atom. The number of aromatic nitrogens is 2. The van der Waals surface area contributed by atoms with E-state index in [0.29, 0.717) is 6.42 Å². The lowest BCUT2D eigenvalue weighted by atomic mass is 10.1. The first-order valence-electron chi connectivity index (χ1n) is 4.33. The van der Waals surface area contributed by atoms with Crippen LogP contribution in [0.15, 0.2) is 18.2 Å². The molecule has 0 aliphatic carbocycles. The maximum atomic E-state index is 9.76. The van der Waals surface area contributed by atoms with E-state index < -0.39 is 6.10 Å². The van der Waals surface area contributed by atoms with E-state index in [1.54, 1.807) is 4.68 Å². The second kappa shape index (κ2) is 3.75. The fourth-order valence-electron chi connectivity index (χ4n) is 1.38. The van der Waals surface area contributed by atoms with E-state index in [0.717, 1.165) is 17.0 Å². The van der Waals surface area contributed by atoms with Crippen LogP contribution >= 0.6 is 0 Å². The Hall–Kier alpha value is -1.09. The summed E-state index contributed by atoms with van der Waals surface area (Å²) in [6.45, 7) is 7.59. The van der Waals surface area contributed by atoms with E-state index in [2.05, 4.69) is 11.7 Å². The van der Waals surface area contributed by atoms with Crippen LogP contribution in [0.5, 0.6) is 0 Å². The molecule has 72 valence electrons. The highest BCUT2D eigenvalue weighted by Crippen LogP contribution is 2.19. The molecule has 13 heavy (non-hydrogen) atoms. The summed E-state index contributed by atoms with van der Waals surface area (Å²) in [4.78, 5) is 0. The number of aliphatic hydroxyl groups is 1. The molecule has 1 unspecified atom stereocenters. The molecule has 0 amide bonds. The minimum Gasteiger partial charge on any atom is -0.386 e. The van der Waals surface area contributed by atoms with Crippen molar-refractivity contribution >= 4 is 0 Å². The average molecular weight is 180 g/mol. The highest BCUT2D eigenvalue weighted by molar-refractivity contribution is 5.13. The predicted molar refractivity (Wildman–Crippen MR) is 52.3 cm³/mol. The summed E-state index contributed by atoms with van der Waals surface area (Å²) in [5.41, 5.74) is 2.75. The largest absolute Gasteiger partial charge is 0.386 e. The fourth-order valence-corrected chi connectivity index (χ4v) is 1.38. The molecule has 1 aromatic rings. The highest BCUT2D eigenvalue weighted by Gasteiger charge is 2.12. The average Bonchev–Trinajstić information content (AvgIpc) is 2.28. The molecule has 3 nitrogen and oxygen atoms in total. The first-order chi connectivity index (χ1) is 6.00. The Morgan fingerprint density at radius 3 is 2.77 bits per heavy atom. The zero-order valence-electron chi connectivity index (χ0n) is 8.41. The van der Waals surface area contributed by atoms with Gasteiger partial charge in [-0.05, 0) is 26.3 Å². The SMILES string of the molecule is C=C(C)CC(O)c1cc(C)nn1C. The number of rotatable bonds is 3. The van der Waals surface area contributed by atoms with Crippen LogP contribution in [0.4, 0.5) is 0 Å². The van der Waals surface area contributed by atoms with E-state index in [4.69, 9.17) is 0 Å². The van der Waals surface area contributed by atoms with Gasteiger partial charge in [-0.3, -0.25) is 4.68 Å². The first kappa shape index (κ1) is 9.99. The van der Waals surface area contributed by atoms with E-state index in [9.17, 15) is 5.11 Å². The van der Waals surface area contributed by atoms with Gasteiger partial charge in [0.15, 0.2) is 0 Å². The maximum Gasteiger partial charge on any atom is 0.0993 e. The predicted octanol–water partition coefficient (Wildman–Crippen LogP) is 1.73. The number of hydrogen-bond donors (Lipinski definition) is 1. The molecule has 1 N–H and O–H groups in total. The minimum absolute atomic E-state index is 0.483. The monoisotopic (exact) mass is 180 g/mol. The van der Waals surface area contributed by atoms with Gasteiger partial charge in [-0.25, -0.2) is 0 Å². The van der Waals surface area contributed by atoms with Gasteiger partial charge >= 0.3 is 0 Å². The van der Waals surface area contributed by atoms with Crippen LogP contribution in [0, 0.1) is 6.92 Å². The van der Waals surface area contributed by atoms with Gasteiger partial charge in [0, 0.05) is 7.05 Å². The fraction of sp³-hybridized carbons (Fsp3) is 0.500. The second-order valence-electron chi connectivity index (χ2n) is 3.51. The molecule has 1 rings (SSSR count).